The number of rotatable bonds is 2. The van der Waals surface area contributed by atoms with Gasteiger partial charge in [-0.1, -0.05) is 23.2 Å². The highest BCUT2D eigenvalue weighted by molar-refractivity contribution is 6.42. The molecule has 2 aromatic heterocycles. The second-order valence-corrected chi connectivity index (χ2v) is 4.50. The Morgan fingerprint density at radius 1 is 1.11 bits per heavy atom. The highest BCUT2D eigenvalue weighted by atomic mass is 35.5. The van der Waals surface area contributed by atoms with Crippen LogP contribution in [0.3, 0.4) is 0 Å². The van der Waals surface area contributed by atoms with Crippen LogP contribution < -0.4 is 10.5 Å². The number of imidazole rings is 1. The van der Waals surface area contributed by atoms with Gasteiger partial charge >= 0.3 is 0 Å². The highest BCUT2D eigenvalue weighted by Crippen LogP contribution is 2.35. The molecular weight excluding hydrogens is 289 g/mol. The van der Waals surface area contributed by atoms with E-state index in [1.54, 1.807) is 0 Å². The molecule has 0 unspecified atom stereocenters. The van der Waals surface area contributed by atoms with Crippen molar-refractivity contribution in [1.29, 1.82) is 0 Å². The topological polar surface area (TPSA) is 89.7 Å². The maximum absolute atomic E-state index is 5.93. The number of halogens is 2. The number of anilines is 1. The molecule has 0 aliphatic heterocycles. The lowest BCUT2D eigenvalue weighted by molar-refractivity contribution is 0.469. The van der Waals surface area contributed by atoms with Crippen molar-refractivity contribution in [2.75, 3.05) is 5.73 Å². The number of aromatic amines is 1. The zero-order valence-corrected chi connectivity index (χ0v) is 10.9. The van der Waals surface area contributed by atoms with Crippen LogP contribution >= 0.6 is 23.2 Å². The van der Waals surface area contributed by atoms with Crippen LogP contribution in [0.15, 0.2) is 24.8 Å². The molecular formula is C11H7Cl2N5O. The van der Waals surface area contributed by atoms with Gasteiger partial charge in [0.25, 0.3) is 0 Å². The van der Waals surface area contributed by atoms with Crippen molar-refractivity contribution in [2.45, 2.75) is 0 Å². The minimum absolute atomic E-state index is 0.313. The summed E-state index contributed by atoms with van der Waals surface area (Å²) < 4.78 is 5.63. The Bertz CT molecular complexity index is 758. The van der Waals surface area contributed by atoms with E-state index in [1.807, 2.05) is 0 Å². The summed E-state index contributed by atoms with van der Waals surface area (Å²) in [4.78, 5) is 14.9. The van der Waals surface area contributed by atoms with E-state index in [4.69, 9.17) is 33.7 Å². The van der Waals surface area contributed by atoms with E-state index < -0.39 is 0 Å². The van der Waals surface area contributed by atoms with Gasteiger partial charge in [-0.15, -0.1) is 0 Å². The predicted octanol–water partition coefficient (Wildman–Crippen LogP) is 3.03. The molecule has 6 nitrogen and oxygen atoms in total. The van der Waals surface area contributed by atoms with Gasteiger partial charge in [-0.05, 0) is 6.07 Å². The molecule has 0 bridgehead atoms. The fraction of sp³-hybridized carbons (Fsp3) is 0. The molecule has 0 aliphatic carbocycles. The zero-order valence-electron chi connectivity index (χ0n) is 9.39. The molecule has 3 aromatic rings. The minimum Gasteiger partial charge on any atom is -0.435 e. The lowest BCUT2D eigenvalue weighted by atomic mass is 10.3. The number of fused-ring (bicyclic) bond motifs is 1. The van der Waals surface area contributed by atoms with Gasteiger partial charge < -0.3 is 15.5 Å². The van der Waals surface area contributed by atoms with Crippen molar-refractivity contribution in [3.63, 3.8) is 0 Å². The van der Waals surface area contributed by atoms with Crippen molar-refractivity contribution < 1.29 is 4.74 Å². The van der Waals surface area contributed by atoms with E-state index >= 15 is 0 Å². The molecule has 0 atom stereocenters. The first kappa shape index (κ1) is 12.0. The molecule has 19 heavy (non-hydrogen) atoms. The van der Waals surface area contributed by atoms with Crippen molar-refractivity contribution in [2.24, 2.45) is 0 Å². The molecule has 8 heteroatoms. The number of benzene rings is 1. The van der Waals surface area contributed by atoms with E-state index in [0.29, 0.717) is 38.5 Å². The molecule has 0 aliphatic rings. The maximum Gasteiger partial charge on any atom is 0.248 e. The fourth-order valence-electron chi connectivity index (χ4n) is 1.56. The molecule has 96 valence electrons. The molecule has 0 fully saturated rings. The summed E-state index contributed by atoms with van der Waals surface area (Å²) >= 11 is 11.8. The summed E-state index contributed by atoms with van der Waals surface area (Å²) in [6.45, 7) is 0. The Balaban J connectivity index is 2.06. The number of aromatic nitrogens is 4. The monoisotopic (exact) mass is 295 g/mol. The third kappa shape index (κ3) is 2.16. The molecule has 2 heterocycles. The van der Waals surface area contributed by atoms with Crippen molar-refractivity contribution in [1.82, 2.24) is 19.9 Å². The second-order valence-electron chi connectivity index (χ2n) is 3.69. The Morgan fingerprint density at radius 3 is 2.74 bits per heavy atom. The van der Waals surface area contributed by atoms with Gasteiger partial charge in [0.1, 0.15) is 11.8 Å². The average Bonchev–Trinajstić information content (AvgIpc) is 2.85. The molecule has 3 N–H and O–H groups in total. The number of nitrogen functional groups attached to an aromatic ring is 1. The Hall–Kier alpha value is -2.05. The van der Waals surface area contributed by atoms with Gasteiger partial charge in [-0.2, -0.15) is 4.98 Å². The van der Waals surface area contributed by atoms with E-state index in [0.717, 1.165) is 0 Å². The summed E-state index contributed by atoms with van der Waals surface area (Å²) in [5.74, 6) is 0.677. The van der Waals surface area contributed by atoms with Gasteiger partial charge in [-0.25, -0.2) is 9.97 Å². The van der Waals surface area contributed by atoms with Crippen LogP contribution in [0, 0.1) is 0 Å². The number of hydrogen-bond acceptors (Lipinski definition) is 5. The summed E-state index contributed by atoms with van der Waals surface area (Å²) in [5.41, 5.74) is 7.26. The van der Waals surface area contributed by atoms with E-state index in [1.165, 1.54) is 24.8 Å². The summed E-state index contributed by atoms with van der Waals surface area (Å²) in [6, 6.07) is 3.05. The number of H-pyrrole nitrogens is 1. The Morgan fingerprint density at radius 2 is 1.89 bits per heavy atom. The smallest absolute Gasteiger partial charge is 0.248 e. The molecule has 0 amide bonds. The molecule has 3 rings (SSSR count). The minimum atomic E-state index is 0.313. The summed E-state index contributed by atoms with van der Waals surface area (Å²) in [6.07, 6.45) is 2.86. The number of nitrogens with two attached hydrogens (primary N) is 1. The molecule has 0 radical (unpaired) electrons. The number of nitrogens with one attached hydrogen (secondary N) is 1. The van der Waals surface area contributed by atoms with Gasteiger partial charge in [-0.3, -0.25) is 0 Å². The summed E-state index contributed by atoms with van der Waals surface area (Å²) in [7, 11) is 0. The average molecular weight is 296 g/mol. The van der Waals surface area contributed by atoms with E-state index in [-0.39, 0.29) is 0 Å². The Labute approximate surface area is 117 Å². The van der Waals surface area contributed by atoms with Crippen LogP contribution in [-0.2, 0) is 0 Å². The van der Waals surface area contributed by atoms with Gasteiger partial charge in [0, 0.05) is 6.07 Å². The lowest BCUT2D eigenvalue weighted by Crippen LogP contribution is -1.95. The fourth-order valence-corrected chi connectivity index (χ4v) is 1.88. The van der Waals surface area contributed by atoms with Gasteiger partial charge in [0.2, 0.25) is 5.88 Å². The van der Waals surface area contributed by atoms with Gasteiger partial charge in [0.15, 0.2) is 11.4 Å². The lowest BCUT2D eigenvalue weighted by Gasteiger charge is -2.09. The first-order valence-electron chi connectivity index (χ1n) is 5.21. The standard InChI is InChI=1S/C11H7Cl2N5O/c12-5-1-7(14)8(2-6(5)13)19-11-9-10(16-3-15-9)17-4-18-11/h1-4H,14H2,(H,15,16,17,18). The SMILES string of the molecule is Nc1cc(Cl)c(Cl)cc1Oc1ncnc2nc[nH]c12. The van der Waals surface area contributed by atoms with Crippen LogP contribution in [0.25, 0.3) is 11.2 Å². The van der Waals surface area contributed by atoms with Crippen molar-refractivity contribution in [3.8, 4) is 11.6 Å². The quantitative estimate of drug-likeness (QED) is 0.709. The molecule has 1 aromatic carbocycles. The normalized spacial score (nSPS) is 10.8. The van der Waals surface area contributed by atoms with Gasteiger partial charge in [0.05, 0.1) is 22.1 Å². The Kier molecular flexibility index (Phi) is 2.88. The number of hydrogen-bond donors (Lipinski definition) is 2. The largest absolute Gasteiger partial charge is 0.435 e. The highest BCUT2D eigenvalue weighted by Gasteiger charge is 2.12. The second kappa shape index (κ2) is 4.56. The maximum atomic E-state index is 5.93. The predicted molar refractivity (Wildman–Crippen MR) is 72.6 cm³/mol. The van der Waals surface area contributed by atoms with Crippen molar-refractivity contribution in [3.05, 3.63) is 34.8 Å². The zero-order chi connectivity index (χ0) is 13.4. The van der Waals surface area contributed by atoms with Crippen molar-refractivity contribution >= 4 is 40.1 Å². The van der Waals surface area contributed by atoms with Crippen LogP contribution in [0.4, 0.5) is 5.69 Å². The molecule has 0 saturated carbocycles. The third-order valence-corrected chi connectivity index (χ3v) is 3.17. The third-order valence-electron chi connectivity index (χ3n) is 2.45. The number of ether oxygens (including phenoxy) is 1. The summed E-state index contributed by atoms with van der Waals surface area (Å²) in [5, 5.41) is 0.710. The first-order chi connectivity index (χ1) is 9.15. The number of nitrogens with zero attached hydrogens (tertiary/aromatic N) is 3. The first-order valence-corrected chi connectivity index (χ1v) is 5.97. The molecule has 0 saturated heterocycles. The van der Waals surface area contributed by atoms with E-state index in [2.05, 4.69) is 19.9 Å². The van der Waals surface area contributed by atoms with Crippen LogP contribution in [0.1, 0.15) is 0 Å². The molecule has 0 spiro atoms. The van der Waals surface area contributed by atoms with Crippen LogP contribution in [0.5, 0.6) is 11.6 Å². The van der Waals surface area contributed by atoms with Crippen LogP contribution in [0.2, 0.25) is 10.0 Å². The van der Waals surface area contributed by atoms with Crippen LogP contribution in [-0.4, -0.2) is 19.9 Å². The van der Waals surface area contributed by atoms with E-state index in [9.17, 15) is 0 Å².